The van der Waals surface area contributed by atoms with Gasteiger partial charge in [0.25, 0.3) is 0 Å². The Labute approximate surface area is 82.5 Å². The first-order chi connectivity index (χ1) is 6.31. The highest BCUT2D eigenvalue weighted by atomic mass is 19.4. The number of rotatable bonds is 3. The first kappa shape index (κ1) is 14.5. The van der Waals surface area contributed by atoms with Gasteiger partial charge in [0, 0.05) is 5.41 Å². The number of halogens is 7. The monoisotopic (exact) mass is 240 g/mol. The van der Waals surface area contributed by atoms with Gasteiger partial charge in [-0.15, -0.1) is 0 Å². The average Bonchev–Trinajstić information content (AvgIpc) is 2.01. The first-order valence-electron chi connectivity index (χ1n) is 4.13. The lowest BCUT2D eigenvalue weighted by molar-refractivity contribution is -0.377. The molecule has 0 unspecified atom stereocenters. The summed E-state index contributed by atoms with van der Waals surface area (Å²) in [5.74, 6) is -11.1. The molecule has 0 N–H and O–H groups in total. The van der Waals surface area contributed by atoms with Crippen LogP contribution >= 0.6 is 0 Å². The summed E-state index contributed by atoms with van der Waals surface area (Å²) < 4.78 is 86.3. The van der Waals surface area contributed by atoms with Crippen LogP contribution < -0.4 is 0 Å². The van der Waals surface area contributed by atoms with E-state index in [9.17, 15) is 30.7 Å². The van der Waals surface area contributed by atoms with Crippen LogP contribution in [0.3, 0.4) is 0 Å². The van der Waals surface area contributed by atoms with Crippen molar-refractivity contribution in [1.82, 2.24) is 0 Å². The van der Waals surface area contributed by atoms with Crippen molar-refractivity contribution in [1.29, 1.82) is 0 Å². The standard InChI is InChI=1S/C8H11F7/c1-4-5(2,3)6(9,10)7(11,12)8(13,14)15/h4H2,1-3H3. The van der Waals surface area contributed by atoms with E-state index in [0.717, 1.165) is 6.92 Å². The zero-order chi connectivity index (χ0) is 12.7. The summed E-state index contributed by atoms with van der Waals surface area (Å²) in [7, 11) is 0. The zero-order valence-corrected chi connectivity index (χ0v) is 8.35. The molecule has 0 aliphatic carbocycles. The molecule has 0 saturated heterocycles. The van der Waals surface area contributed by atoms with Gasteiger partial charge in [-0.2, -0.15) is 30.7 Å². The maximum atomic E-state index is 13.0. The van der Waals surface area contributed by atoms with Gasteiger partial charge in [0.1, 0.15) is 0 Å². The Kier molecular flexibility index (Phi) is 3.40. The van der Waals surface area contributed by atoms with Crippen molar-refractivity contribution >= 4 is 0 Å². The summed E-state index contributed by atoms with van der Waals surface area (Å²) in [5.41, 5.74) is -2.42. The van der Waals surface area contributed by atoms with Crippen LogP contribution in [-0.4, -0.2) is 18.0 Å². The van der Waals surface area contributed by atoms with Crippen molar-refractivity contribution in [2.45, 2.75) is 45.2 Å². The minimum atomic E-state index is -6.25. The maximum absolute atomic E-state index is 13.0. The quantitative estimate of drug-likeness (QED) is 0.646. The van der Waals surface area contributed by atoms with E-state index in [1.807, 2.05) is 0 Å². The summed E-state index contributed by atoms with van der Waals surface area (Å²) in [5, 5.41) is 0. The van der Waals surface area contributed by atoms with Gasteiger partial charge in [-0.3, -0.25) is 0 Å². The third-order valence-electron chi connectivity index (χ3n) is 2.48. The predicted molar refractivity (Wildman–Crippen MR) is 40.0 cm³/mol. The summed E-state index contributed by atoms with van der Waals surface area (Å²) >= 11 is 0. The molecule has 0 aromatic heterocycles. The molecule has 0 aliphatic rings. The second kappa shape index (κ2) is 3.52. The topological polar surface area (TPSA) is 0 Å². The van der Waals surface area contributed by atoms with E-state index in [2.05, 4.69) is 0 Å². The van der Waals surface area contributed by atoms with Crippen LogP contribution in [0.5, 0.6) is 0 Å². The van der Waals surface area contributed by atoms with Crippen LogP contribution in [0.15, 0.2) is 0 Å². The van der Waals surface area contributed by atoms with Gasteiger partial charge in [-0.1, -0.05) is 20.8 Å². The molecule has 15 heavy (non-hydrogen) atoms. The van der Waals surface area contributed by atoms with Gasteiger partial charge >= 0.3 is 18.0 Å². The van der Waals surface area contributed by atoms with E-state index in [1.165, 1.54) is 0 Å². The second-order valence-corrected chi connectivity index (χ2v) is 3.88. The SMILES string of the molecule is CCC(C)(C)C(F)(F)C(F)(F)C(F)(F)F. The molecule has 0 aromatic rings. The summed E-state index contributed by atoms with van der Waals surface area (Å²) in [6.07, 6.45) is -6.74. The molecule has 0 aliphatic heterocycles. The lowest BCUT2D eigenvalue weighted by Crippen LogP contribution is -2.58. The van der Waals surface area contributed by atoms with E-state index in [0.29, 0.717) is 13.8 Å². The lowest BCUT2D eigenvalue weighted by atomic mass is 9.79. The molecule has 0 heterocycles. The fraction of sp³-hybridized carbons (Fsp3) is 1.00. The van der Waals surface area contributed by atoms with Crippen molar-refractivity contribution in [3.05, 3.63) is 0 Å². The van der Waals surface area contributed by atoms with E-state index in [4.69, 9.17) is 0 Å². The highest BCUT2D eigenvalue weighted by Crippen LogP contribution is 2.55. The smallest absolute Gasteiger partial charge is 0.199 e. The Morgan fingerprint density at radius 1 is 0.733 bits per heavy atom. The number of hydrogen-bond donors (Lipinski definition) is 0. The molecule has 0 amide bonds. The largest absolute Gasteiger partial charge is 0.459 e. The molecule has 92 valence electrons. The molecule has 0 rings (SSSR count). The van der Waals surface area contributed by atoms with Crippen LogP contribution in [0, 0.1) is 5.41 Å². The fourth-order valence-corrected chi connectivity index (χ4v) is 0.825. The Balaban J connectivity index is 5.38. The predicted octanol–water partition coefficient (Wildman–Crippen LogP) is 4.26. The molecule has 0 fully saturated rings. The Hall–Kier alpha value is -0.490. The van der Waals surface area contributed by atoms with Gasteiger partial charge in [-0.25, -0.2) is 0 Å². The van der Waals surface area contributed by atoms with Crippen molar-refractivity contribution < 1.29 is 30.7 Å². The Morgan fingerprint density at radius 2 is 1.07 bits per heavy atom. The third kappa shape index (κ3) is 2.06. The van der Waals surface area contributed by atoms with Gasteiger partial charge < -0.3 is 0 Å². The molecule has 0 saturated carbocycles. The minimum absolute atomic E-state index is 0.494. The lowest BCUT2D eigenvalue weighted by Gasteiger charge is -2.38. The first-order valence-corrected chi connectivity index (χ1v) is 4.13. The average molecular weight is 240 g/mol. The second-order valence-electron chi connectivity index (χ2n) is 3.88. The van der Waals surface area contributed by atoms with E-state index >= 15 is 0 Å². The zero-order valence-electron chi connectivity index (χ0n) is 8.35. The molecule has 7 heteroatoms. The van der Waals surface area contributed by atoms with Crippen molar-refractivity contribution in [2.75, 3.05) is 0 Å². The summed E-state index contributed by atoms with van der Waals surface area (Å²) in [4.78, 5) is 0. The van der Waals surface area contributed by atoms with Gasteiger partial charge in [0.05, 0.1) is 0 Å². The van der Waals surface area contributed by atoms with Crippen molar-refractivity contribution in [2.24, 2.45) is 5.41 Å². The van der Waals surface area contributed by atoms with Crippen LogP contribution in [0.25, 0.3) is 0 Å². The summed E-state index contributed by atoms with van der Waals surface area (Å²) in [6.45, 7) is 2.47. The molecular weight excluding hydrogens is 229 g/mol. The highest BCUT2D eigenvalue weighted by molar-refractivity contribution is 4.99. The van der Waals surface area contributed by atoms with Crippen LogP contribution in [-0.2, 0) is 0 Å². The van der Waals surface area contributed by atoms with Crippen LogP contribution in [0.4, 0.5) is 30.7 Å². The highest BCUT2D eigenvalue weighted by Gasteiger charge is 2.76. The minimum Gasteiger partial charge on any atom is -0.199 e. The maximum Gasteiger partial charge on any atom is 0.459 e. The number of alkyl halides is 7. The van der Waals surface area contributed by atoms with E-state index < -0.39 is 29.9 Å². The Morgan fingerprint density at radius 3 is 1.27 bits per heavy atom. The van der Waals surface area contributed by atoms with Crippen LogP contribution in [0.1, 0.15) is 27.2 Å². The van der Waals surface area contributed by atoms with Crippen molar-refractivity contribution in [3.8, 4) is 0 Å². The fourth-order valence-electron chi connectivity index (χ4n) is 0.825. The van der Waals surface area contributed by atoms with Gasteiger partial charge in [0.2, 0.25) is 0 Å². The van der Waals surface area contributed by atoms with Crippen LogP contribution in [0.2, 0.25) is 0 Å². The molecule has 0 bridgehead atoms. The molecular formula is C8H11F7. The van der Waals surface area contributed by atoms with Gasteiger partial charge in [-0.05, 0) is 6.42 Å². The van der Waals surface area contributed by atoms with Gasteiger partial charge in [0.15, 0.2) is 0 Å². The molecule has 0 atom stereocenters. The molecule has 0 nitrogen and oxygen atoms in total. The van der Waals surface area contributed by atoms with Crippen molar-refractivity contribution in [3.63, 3.8) is 0 Å². The summed E-state index contributed by atoms with van der Waals surface area (Å²) in [6, 6.07) is 0. The van der Waals surface area contributed by atoms with E-state index in [-0.39, 0.29) is 0 Å². The third-order valence-corrected chi connectivity index (χ3v) is 2.48. The van der Waals surface area contributed by atoms with E-state index in [1.54, 1.807) is 0 Å². The normalized spacial score (nSPS) is 15.6. The Bertz CT molecular complexity index is 226. The molecule has 0 aromatic carbocycles. The number of hydrogen-bond acceptors (Lipinski definition) is 0. The molecule has 0 spiro atoms. The molecule has 0 radical (unpaired) electrons.